The van der Waals surface area contributed by atoms with Gasteiger partial charge in [0, 0.05) is 38.3 Å². The van der Waals surface area contributed by atoms with E-state index in [-0.39, 0.29) is 23.9 Å². The molecule has 45 heavy (non-hydrogen) atoms. The van der Waals surface area contributed by atoms with Gasteiger partial charge in [0.1, 0.15) is 11.6 Å². The molecule has 0 bridgehead atoms. The Morgan fingerprint density at radius 3 is 2.31 bits per heavy atom. The summed E-state index contributed by atoms with van der Waals surface area (Å²) in [6, 6.07) is 19.2. The minimum Gasteiger partial charge on any atom is -0.444 e. The molecule has 9 heteroatoms. The molecule has 3 fully saturated rings. The molecule has 1 aliphatic carbocycles. The Labute approximate surface area is 266 Å². The maximum Gasteiger partial charge on any atom is 0.410 e. The zero-order valence-electron chi connectivity index (χ0n) is 26.7. The first kappa shape index (κ1) is 30.9. The zero-order valence-corrected chi connectivity index (χ0v) is 26.7. The summed E-state index contributed by atoms with van der Waals surface area (Å²) in [7, 11) is 0. The van der Waals surface area contributed by atoms with E-state index in [4.69, 9.17) is 9.72 Å². The molecule has 0 spiro atoms. The molecule has 3 aliphatic rings. The topological polar surface area (TPSA) is 88.0 Å². The Morgan fingerprint density at radius 1 is 0.911 bits per heavy atom. The van der Waals surface area contributed by atoms with Gasteiger partial charge in [0.05, 0.1) is 18.1 Å². The van der Waals surface area contributed by atoms with Crippen LogP contribution in [0.2, 0.25) is 0 Å². The molecule has 2 aromatic carbocycles. The summed E-state index contributed by atoms with van der Waals surface area (Å²) in [5, 5.41) is 0. The van der Waals surface area contributed by atoms with Gasteiger partial charge in [-0.15, -0.1) is 0 Å². The lowest BCUT2D eigenvalue weighted by Gasteiger charge is -2.41. The van der Waals surface area contributed by atoms with Gasteiger partial charge in [-0.05, 0) is 70.8 Å². The summed E-state index contributed by atoms with van der Waals surface area (Å²) >= 11 is 0. The second kappa shape index (κ2) is 13.1. The van der Waals surface area contributed by atoms with Crippen LogP contribution in [0.4, 0.5) is 4.79 Å². The Kier molecular flexibility index (Phi) is 8.97. The van der Waals surface area contributed by atoms with Crippen LogP contribution >= 0.6 is 0 Å². The van der Waals surface area contributed by atoms with Crippen molar-refractivity contribution in [3.05, 3.63) is 78.2 Å². The fraction of sp³-hybridized carbons (Fsp3) is 0.500. The average Bonchev–Trinajstić information content (AvgIpc) is 3.78. The van der Waals surface area contributed by atoms with Crippen molar-refractivity contribution >= 4 is 17.9 Å². The third-order valence-corrected chi connectivity index (χ3v) is 9.02. The van der Waals surface area contributed by atoms with E-state index in [2.05, 4.69) is 0 Å². The summed E-state index contributed by atoms with van der Waals surface area (Å²) in [5.41, 5.74) is 2.35. The van der Waals surface area contributed by atoms with Crippen LogP contribution in [0, 0.1) is 5.92 Å². The predicted molar refractivity (Wildman–Crippen MR) is 173 cm³/mol. The standard InChI is InChI=1S/C36H45N5O4/c1-36(2,3)45-35(44)39-20-21-40(29(24-39)22-26-12-6-4-7-13-26)34(43)31-32(28-14-8-5-9-15-28)41(25-37-31)30-16-10-11-19-38(33(30)42)23-27-17-18-27/h4-9,12-15,25,27,29-30H,10-11,16-24H2,1-3H3/t29-,30?/m1/s1. The highest BCUT2D eigenvalue weighted by molar-refractivity contribution is 5.99. The minimum atomic E-state index is -0.611. The molecule has 2 atom stereocenters. The van der Waals surface area contributed by atoms with Crippen molar-refractivity contribution in [3.63, 3.8) is 0 Å². The quantitative estimate of drug-likeness (QED) is 0.336. The van der Waals surface area contributed by atoms with Crippen LogP contribution in [0.1, 0.15) is 75.0 Å². The van der Waals surface area contributed by atoms with Crippen LogP contribution in [0.3, 0.4) is 0 Å². The third-order valence-electron chi connectivity index (χ3n) is 9.02. The van der Waals surface area contributed by atoms with Crippen molar-refractivity contribution in [2.45, 2.75) is 77.0 Å². The van der Waals surface area contributed by atoms with Gasteiger partial charge in [0.15, 0.2) is 5.69 Å². The summed E-state index contributed by atoms with van der Waals surface area (Å²) in [5.74, 6) is 0.552. The summed E-state index contributed by atoms with van der Waals surface area (Å²) in [6.07, 6.45) is 6.95. The van der Waals surface area contributed by atoms with Gasteiger partial charge in [-0.25, -0.2) is 9.78 Å². The van der Waals surface area contributed by atoms with Gasteiger partial charge in [-0.3, -0.25) is 9.59 Å². The van der Waals surface area contributed by atoms with E-state index in [0.717, 1.165) is 43.5 Å². The molecule has 0 N–H and O–H groups in total. The van der Waals surface area contributed by atoms with E-state index in [0.29, 0.717) is 43.4 Å². The normalized spacial score (nSPS) is 21.0. The van der Waals surface area contributed by atoms with Gasteiger partial charge < -0.3 is 24.0 Å². The van der Waals surface area contributed by atoms with E-state index in [1.807, 2.05) is 95.8 Å². The molecule has 3 heterocycles. The summed E-state index contributed by atoms with van der Waals surface area (Å²) in [4.78, 5) is 52.0. The van der Waals surface area contributed by atoms with E-state index in [1.165, 1.54) is 12.8 Å². The van der Waals surface area contributed by atoms with Gasteiger partial charge in [-0.2, -0.15) is 0 Å². The smallest absolute Gasteiger partial charge is 0.410 e. The van der Waals surface area contributed by atoms with Gasteiger partial charge in [0.2, 0.25) is 5.91 Å². The highest BCUT2D eigenvalue weighted by atomic mass is 16.6. The first-order chi connectivity index (χ1) is 21.7. The monoisotopic (exact) mass is 611 g/mol. The number of imidazole rings is 1. The first-order valence-electron chi connectivity index (χ1n) is 16.4. The Hall–Kier alpha value is -4.14. The maximum absolute atomic E-state index is 14.6. The molecule has 1 unspecified atom stereocenters. The van der Waals surface area contributed by atoms with Crippen molar-refractivity contribution in [2.75, 3.05) is 32.7 Å². The number of aromatic nitrogens is 2. The highest BCUT2D eigenvalue weighted by Gasteiger charge is 2.39. The molecule has 9 nitrogen and oxygen atoms in total. The van der Waals surface area contributed by atoms with Crippen LogP contribution in [0.5, 0.6) is 0 Å². The summed E-state index contributed by atoms with van der Waals surface area (Å²) < 4.78 is 7.65. The largest absolute Gasteiger partial charge is 0.444 e. The van der Waals surface area contributed by atoms with Gasteiger partial charge >= 0.3 is 6.09 Å². The van der Waals surface area contributed by atoms with Crippen molar-refractivity contribution in [1.29, 1.82) is 0 Å². The summed E-state index contributed by atoms with van der Waals surface area (Å²) in [6.45, 7) is 8.26. The number of rotatable bonds is 7. The average molecular weight is 612 g/mol. The lowest BCUT2D eigenvalue weighted by atomic mass is 10.0. The lowest BCUT2D eigenvalue weighted by molar-refractivity contribution is -0.134. The molecular weight excluding hydrogens is 566 g/mol. The molecule has 238 valence electrons. The minimum absolute atomic E-state index is 0.126. The van der Waals surface area contributed by atoms with Gasteiger partial charge in [-0.1, -0.05) is 60.7 Å². The molecular formula is C36H45N5O4. The number of carbonyl (C=O) groups excluding carboxylic acids is 3. The zero-order chi connectivity index (χ0) is 31.6. The van der Waals surface area contributed by atoms with Crippen molar-refractivity contribution in [3.8, 4) is 11.3 Å². The SMILES string of the molecule is CC(C)(C)OC(=O)N1CCN(C(=O)c2ncn(C3CCCCN(CC4CC4)C3=O)c2-c2ccccc2)[C@H](Cc2ccccc2)C1. The highest BCUT2D eigenvalue weighted by Crippen LogP contribution is 2.35. The predicted octanol–water partition coefficient (Wildman–Crippen LogP) is 5.82. The molecule has 2 saturated heterocycles. The van der Waals surface area contributed by atoms with Gasteiger partial charge in [0.25, 0.3) is 5.91 Å². The molecule has 3 aromatic rings. The van der Waals surface area contributed by atoms with Crippen LogP contribution in [0.15, 0.2) is 67.0 Å². The second-order valence-corrected chi connectivity index (χ2v) is 13.7. The van der Waals surface area contributed by atoms with Crippen LogP contribution in [-0.4, -0.2) is 86.5 Å². The molecule has 1 aromatic heterocycles. The van der Waals surface area contributed by atoms with Crippen molar-refractivity contribution in [2.24, 2.45) is 5.92 Å². The fourth-order valence-electron chi connectivity index (χ4n) is 6.58. The number of amides is 3. The lowest BCUT2D eigenvalue weighted by Crippen LogP contribution is -2.58. The third kappa shape index (κ3) is 7.24. The van der Waals surface area contributed by atoms with Crippen LogP contribution in [-0.2, 0) is 16.0 Å². The Bertz CT molecular complexity index is 1490. The first-order valence-corrected chi connectivity index (χ1v) is 16.4. The number of hydrogen-bond acceptors (Lipinski definition) is 5. The molecule has 0 radical (unpaired) electrons. The van der Waals surface area contributed by atoms with E-state index in [1.54, 1.807) is 11.2 Å². The molecule has 2 aliphatic heterocycles. The number of benzene rings is 2. The molecule has 1 saturated carbocycles. The van der Waals surface area contributed by atoms with Crippen molar-refractivity contribution in [1.82, 2.24) is 24.3 Å². The van der Waals surface area contributed by atoms with E-state index >= 15 is 0 Å². The van der Waals surface area contributed by atoms with E-state index in [9.17, 15) is 14.4 Å². The second-order valence-electron chi connectivity index (χ2n) is 13.7. The number of piperazine rings is 1. The number of ether oxygens (including phenoxy) is 1. The van der Waals surface area contributed by atoms with Crippen LogP contribution < -0.4 is 0 Å². The van der Waals surface area contributed by atoms with Crippen LogP contribution in [0.25, 0.3) is 11.3 Å². The Balaban J connectivity index is 1.33. The Morgan fingerprint density at radius 2 is 1.62 bits per heavy atom. The number of likely N-dealkylation sites (tertiary alicyclic amines) is 1. The molecule has 6 rings (SSSR count). The maximum atomic E-state index is 14.6. The number of nitrogens with zero attached hydrogens (tertiary/aromatic N) is 5. The van der Waals surface area contributed by atoms with E-state index < -0.39 is 11.6 Å². The molecule has 3 amide bonds. The fourth-order valence-corrected chi connectivity index (χ4v) is 6.58. The number of hydrogen-bond donors (Lipinski definition) is 0. The van der Waals surface area contributed by atoms with Crippen molar-refractivity contribution < 1.29 is 19.1 Å². The number of carbonyl (C=O) groups is 3.